The number of nitrogens with one attached hydrogen (secondary N) is 1. The highest BCUT2D eigenvalue weighted by Gasteiger charge is 2.13. The summed E-state index contributed by atoms with van der Waals surface area (Å²) in [6, 6.07) is 14.1. The number of carbonyl (C=O) groups excluding carboxylic acids is 1. The van der Waals surface area contributed by atoms with Crippen molar-refractivity contribution in [2.45, 2.75) is 0 Å². The van der Waals surface area contributed by atoms with E-state index in [9.17, 15) is 4.79 Å². The predicted octanol–water partition coefficient (Wildman–Crippen LogP) is 4.02. The first-order chi connectivity index (χ1) is 13.1. The van der Waals surface area contributed by atoms with Crippen molar-refractivity contribution in [1.29, 1.82) is 0 Å². The fraction of sp³-hybridized carbons (Fsp3) is 0.200. The predicted molar refractivity (Wildman–Crippen MR) is 105 cm³/mol. The molecule has 1 N–H and O–H groups in total. The Hall–Kier alpha value is -2.83. The van der Waals surface area contributed by atoms with Gasteiger partial charge in [0, 0.05) is 42.2 Å². The first kappa shape index (κ1) is 18.9. The van der Waals surface area contributed by atoms with Gasteiger partial charge in [-0.15, -0.1) is 0 Å². The van der Waals surface area contributed by atoms with Gasteiger partial charge >= 0.3 is 0 Å². The normalized spacial score (nSPS) is 10.6. The smallest absolute Gasteiger partial charge is 0.255 e. The highest BCUT2D eigenvalue weighted by Crippen LogP contribution is 2.32. The third-order valence-electron chi connectivity index (χ3n) is 3.99. The van der Waals surface area contributed by atoms with Crippen LogP contribution >= 0.6 is 11.6 Å². The van der Waals surface area contributed by atoms with Crippen molar-refractivity contribution in [3.63, 3.8) is 0 Å². The lowest BCUT2D eigenvalue weighted by Crippen LogP contribution is -2.12. The van der Waals surface area contributed by atoms with Crippen LogP contribution in [0.1, 0.15) is 10.4 Å². The van der Waals surface area contributed by atoms with Gasteiger partial charge in [-0.3, -0.25) is 9.48 Å². The monoisotopic (exact) mass is 385 g/mol. The summed E-state index contributed by atoms with van der Waals surface area (Å²) in [6.07, 6.45) is 1.72. The van der Waals surface area contributed by atoms with Crippen molar-refractivity contribution in [3.8, 4) is 17.0 Å². The number of hydrogen-bond acceptors (Lipinski definition) is 4. The number of halogens is 1. The van der Waals surface area contributed by atoms with Crippen LogP contribution in [0.15, 0.2) is 54.7 Å². The van der Waals surface area contributed by atoms with E-state index in [-0.39, 0.29) is 5.91 Å². The second kappa shape index (κ2) is 8.70. The van der Waals surface area contributed by atoms with Gasteiger partial charge < -0.3 is 14.8 Å². The summed E-state index contributed by atoms with van der Waals surface area (Å²) in [5.41, 5.74) is 2.90. The van der Waals surface area contributed by atoms with Crippen molar-refractivity contribution in [2.24, 2.45) is 7.05 Å². The summed E-state index contributed by atoms with van der Waals surface area (Å²) in [5, 5.41) is 7.70. The van der Waals surface area contributed by atoms with Gasteiger partial charge in [0.1, 0.15) is 12.4 Å². The second-order valence-electron chi connectivity index (χ2n) is 5.85. The third kappa shape index (κ3) is 4.67. The first-order valence-electron chi connectivity index (χ1n) is 8.39. The third-order valence-corrected chi connectivity index (χ3v) is 4.24. The fourth-order valence-corrected chi connectivity index (χ4v) is 2.74. The molecule has 6 nitrogen and oxygen atoms in total. The number of benzene rings is 2. The number of amides is 1. The number of aromatic nitrogens is 2. The van der Waals surface area contributed by atoms with E-state index >= 15 is 0 Å². The molecule has 0 unspecified atom stereocenters. The maximum atomic E-state index is 12.5. The number of methoxy groups -OCH3 is 1. The molecule has 3 aromatic rings. The van der Waals surface area contributed by atoms with Crippen molar-refractivity contribution >= 4 is 23.2 Å². The van der Waals surface area contributed by atoms with Crippen LogP contribution in [0, 0.1) is 0 Å². The highest BCUT2D eigenvalue weighted by molar-refractivity contribution is 6.30. The van der Waals surface area contributed by atoms with Gasteiger partial charge in [0.05, 0.1) is 12.3 Å². The Kier molecular flexibility index (Phi) is 6.11. The Morgan fingerprint density at radius 2 is 1.93 bits per heavy atom. The number of nitrogens with zero attached hydrogens (tertiary/aromatic N) is 2. The SMILES string of the molecule is COCCOc1ccc(NC(=O)c2ccc(Cl)cc2)cc1-c1ccnn1C. The molecule has 27 heavy (non-hydrogen) atoms. The van der Waals surface area contributed by atoms with E-state index in [1.54, 1.807) is 48.3 Å². The van der Waals surface area contributed by atoms with Gasteiger partial charge in [0.2, 0.25) is 0 Å². The lowest BCUT2D eigenvalue weighted by molar-refractivity contribution is 0.102. The van der Waals surface area contributed by atoms with Crippen LogP contribution in [0.25, 0.3) is 11.3 Å². The minimum absolute atomic E-state index is 0.212. The van der Waals surface area contributed by atoms with Crippen LogP contribution < -0.4 is 10.1 Å². The Balaban J connectivity index is 1.87. The molecule has 0 bridgehead atoms. The molecule has 0 spiro atoms. The molecule has 0 atom stereocenters. The zero-order valence-electron chi connectivity index (χ0n) is 15.1. The number of hydrogen-bond donors (Lipinski definition) is 1. The molecule has 1 amide bonds. The molecule has 0 aliphatic carbocycles. The topological polar surface area (TPSA) is 65.4 Å². The van der Waals surface area contributed by atoms with E-state index in [0.29, 0.717) is 35.2 Å². The molecule has 0 radical (unpaired) electrons. The van der Waals surface area contributed by atoms with Gasteiger partial charge in [0.15, 0.2) is 0 Å². The Bertz CT molecular complexity index is 922. The van der Waals surface area contributed by atoms with Gasteiger partial charge in [-0.2, -0.15) is 5.10 Å². The molecule has 0 saturated carbocycles. The molecule has 0 aliphatic rings. The Morgan fingerprint density at radius 1 is 1.15 bits per heavy atom. The number of rotatable bonds is 7. The van der Waals surface area contributed by atoms with Crippen LogP contribution in [0.2, 0.25) is 5.02 Å². The van der Waals surface area contributed by atoms with Crippen LogP contribution in [0.4, 0.5) is 5.69 Å². The van der Waals surface area contributed by atoms with Crippen LogP contribution in [0.3, 0.4) is 0 Å². The summed E-state index contributed by atoms with van der Waals surface area (Å²) >= 11 is 5.88. The van der Waals surface area contributed by atoms with Gasteiger partial charge in [-0.25, -0.2) is 0 Å². The fourth-order valence-electron chi connectivity index (χ4n) is 2.61. The summed E-state index contributed by atoms with van der Waals surface area (Å²) in [7, 11) is 3.48. The van der Waals surface area contributed by atoms with Crippen molar-refractivity contribution in [1.82, 2.24) is 9.78 Å². The number of carbonyl (C=O) groups is 1. The molecule has 0 aliphatic heterocycles. The summed E-state index contributed by atoms with van der Waals surface area (Å²) in [5.74, 6) is 0.482. The molecule has 2 aromatic carbocycles. The number of aryl methyl sites for hydroxylation is 1. The van der Waals surface area contributed by atoms with Gasteiger partial charge in [0.25, 0.3) is 5.91 Å². The van der Waals surface area contributed by atoms with Crippen LogP contribution in [-0.4, -0.2) is 36.0 Å². The van der Waals surface area contributed by atoms with E-state index < -0.39 is 0 Å². The molecule has 7 heteroatoms. The first-order valence-corrected chi connectivity index (χ1v) is 8.77. The number of anilines is 1. The zero-order valence-corrected chi connectivity index (χ0v) is 15.9. The molecule has 1 aromatic heterocycles. The van der Waals surface area contributed by atoms with Crippen molar-refractivity contribution in [2.75, 3.05) is 25.6 Å². The minimum atomic E-state index is -0.212. The zero-order chi connectivity index (χ0) is 19.2. The molecular weight excluding hydrogens is 366 g/mol. The Morgan fingerprint density at radius 3 is 2.59 bits per heavy atom. The quantitative estimate of drug-likeness (QED) is 0.624. The summed E-state index contributed by atoms with van der Waals surface area (Å²) in [6.45, 7) is 0.914. The van der Waals surface area contributed by atoms with Crippen molar-refractivity contribution in [3.05, 3.63) is 65.3 Å². The van der Waals surface area contributed by atoms with Crippen LogP contribution in [-0.2, 0) is 11.8 Å². The van der Waals surface area contributed by atoms with Crippen LogP contribution in [0.5, 0.6) is 5.75 Å². The molecular formula is C20H20ClN3O3. The lowest BCUT2D eigenvalue weighted by Gasteiger charge is -2.14. The van der Waals surface area contributed by atoms with E-state index in [2.05, 4.69) is 10.4 Å². The molecule has 3 rings (SSSR count). The molecule has 0 saturated heterocycles. The largest absolute Gasteiger partial charge is 0.490 e. The van der Waals surface area contributed by atoms with E-state index in [4.69, 9.17) is 21.1 Å². The lowest BCUT2D eigenvalue weighted by atomic mass is 10.1. The van der Waals surface area contributed by atoms with Gasteiger partial charge in [-0.1, -0.05) is 11.6 Å². The highest BCUT2D eigenvalue weighted by atomic mass is 35.5. The van der Waals surface area contributed by atoms with E-state index in [0.717, 1.165) is 11.3 Å². The van der Waals surface area contributed by atoms with Gasteiger partial charge in [-0.05, 0) is 48.5 Å². The average molecular weight is 386 g/mol. The number of ether oxygens (including phenoxy) is 2. The standard InChI is InChI=1S/C20H20ClN3O3/c1-24-18(9-10-22-24)17-13-16(7-8-19(17)27-12-11-26-2)23-20(25)14-3-5-15(21)6-4-14/h3-10,13H,11-12H2,1-2H3,(H,23,25). The maximum absolute atomic E-state index is 12.5. The minimum Gasteiger partial charge on any atom is -0.490 e. The maximum Gasteiger partial charge on any atom is 0.255 e. The second-order valence-corrected chi connectivity index (χ2v) is 6.29. The summed E-state index contributed by atoms with van der Waals surface area (Å²) in [4.78, 5) is 12.5. The Labute approximate surface area is 162 Å². The molecule has 140 valence electrons. The van der Waals surface area contributed by atoms with Crippen molar-refractivity contribution < 1.29 is 14.3 Å². The average Bonchev–Trinajstić information content (AvgIpc) is 3.09. The summed E-state index contributed by atoms with van der Waals surface area (Å²) < 4.78 is 12.6. The molecule has 0 fully saturated rings. The molecule has 1 heterocycles. The van der Waals surface area contributed by atoms with E-state index in [1.807, 2.05) is 25.2 Å². The van der Waals surface area contributed by atoms with E-state index in [1.165, 1.54) is 0 Å².